The first-order valence-corrected chi connectivity index (χ1v) is 9.11. The zero-order valence-corrected chi connectivity index (χ0v) is 15.1. The number of amides is 1. The van der Waals surface area contributed by atoms with E-state index in [0.717, 1.165) is 16.9 Å². The molecule has 27 heavy (non-hydrogen) atoms. The molecule has 3 heterocycles. The zero-order valence-electron chi connectivity index (χ0n) is 15.1. The molecule has 3 atom stereocenters. The predicted octanol–water partition coefficient (Wildman–Crippen LogP) is 3.34. The van der Waals surface area contributed by atoms with E-state index < -0.39 is 11.9 Å². The molecule has 1 aliphatic carbocycles. The third-order valence-corrected chi connectivity index (χ3v) is 4.94. The van der Waals surface area contributed by atoms with Crippen LogP contribution >= 0.6 is 0 Å². The lowest BCUT2D eigenvalue weighted by atomic mass is 10.1. The Labute approximate surface area is 156 Å². The number of rotatable bonds is 3. The van der Waals surface area contributed by atoms with Crippen LogP contribution in [-0.4, -0.2) is 28.1 Å². The van der Waals surface area contributed by atoms with Gasteiger partial charge in [0, 0.05) is 29.7 Å². The Morgan fingerprint density at radius 3 is 2.89 bits per heavy atom. The fourth-order valence-corrected chi connectivity index (χ4v) is 3.68. The maximum Gasteiger partial charge on any atom is 0.311 e. The Kier molecular flexibility index (Phi) is 4.22. The lowest BCUT2D eigenvalue weighted by molar-refractivity contribution is -0.139. The van der Waals surface area contributed by atoms with E-state index in [0.29, 0.717) is 30.2 Å². The van der Waals surface area contributed by atoms with Crippen molar-refractivity contribution in [1.82, 2.24) is 4.98 Å². The molecule has 0 radical (unpaired) electrons. The van der Waals surface area contributed by atoms with Crippen LogP contribution in [0.2, 0.25) is 0 Å². The average molecular weight is 368 g/mol. The Balaban J connectivity index is 0.000000872. The van der Waals surface area contributed by atoms with Crippen molar-refractivity contribution in [3.63, 3.8) is 0 Å². The highest BCUT2D eigenvalue weighted by Crippen LogP contribution is 2.59. The van der Waals surface area contributed by atoms with Crippen molar-refractivity contribution in [3.05, 3.63) is 41.6 Å². The number of aliphatic carboxylic acids is 1. The highest BCUT2D eigenvalue weighted by Gasteiger charge is 2.63. The molecule has 3 unspecified atom stereocenters. The summed E-state index contributed by atoms with van der Waals surface area (Å²) in [5.74, 6) is 1.08. The van der Waals surface area contributed by atoms with Gasteiger partial charge in [-0.1, -0.05) is 13.8 Å². The normalized spacial score (nSPS) is 23.5. The van der Waals surface area contributed by atoms with Crippen molar-refractivity contribution in [1.29, 1.82) is 0 Å². The SMILES string of the molecule is CC.O=C1CCc2c(Oc3ccc4c(c3)C3C(O4)C3C(=O)O)ccnc2N1. The summed E-state index contributed by atoms with van der Waals surface area (Å²) in [6.45, 7) is 4.00. The number of carboxylic acid groups (broad SMARTS) is 1. The predicted molar refractivity (Wildman–Crippen MR) is 97.3 cm³/mol. The number of anilines is 1. The Hall–Kier alpha value is -3.09. The number of carbonyl (C=O) groups excluding carboxylic acids is 1. The first-order chi connectivity index (χ1) is 13.1. The van der Waals surface area contributed by atoms with Crippen LogP contribution in [0, 0.1) is 5.92 Å². The number of aromatic nitrogens is 1. The molecule has 0 bridgehead atoms. The minimum absolute atomic E-state index is 0.0497. The maximum absolute atomic E-state index is 11.5. The molecule has 1 aromatic heterocycles. The highest BCUT2D eigenvalue weighted by molar-refractivity contribution is 5.93. The van der Waals surface area contributed by atoms with Gasteiger partial charge in [-0.15, -0.1) is 0 Å². The van der Waals surface area contributed by atoms with E-state index in [1.54, 1.807) is 18.3 Å². The van der Waals surface area contributed by atoms with Gasteiger partial charge in [-0.2, -0.15) is 0 Å². The molecule has 140 valence electrons. The van der Waals surface area contributed by atoms with E-state index >= 15 is 0 Å². The van der Waals surface area contributed by atoms with Gasteiger partial charge in [0.2, 0.25) is 5.91 Å². The lowest BCUT2D eigenvalue weighted by Crippen LogP contribution is -2.20. The summed E-state index contributed by atoms with van der Waals surface area (Å²) < 4.78 is 11.7. The molecule has 5 rings (SSSR count). The van der Waals surface area contributed by atoms with Gasteiger partial charge in [0.25, 0.3) is 0 Å². The van der Waals surface area contributed by atoms with E-state index in [9.17, 15) is 14.7 Å². The second kappa shape index (κ2) is 6.57. The highest BCUT2D eigenvalue weighted by atomic mass is 16.5. The van der Waals surface area contributed by atoms with Gasteiger partial charge in [0.15, 0.2) is 0 Å². The number of nitrogens with zero attached hydrogens (tertiary/aromatic N) is 1. The van der Waals surface area contributed by atoms with Crippen molar-refractivity contribution in [2.45, 2.75) is 38.7 Å². The summed E-state index contributed by atoms with van der Waals surface area (Å²) in [6, 6.07) is 7.22. The Bertz CT molecular complexity index is 927. The lowest BCUT2D eigenvalue weighted by Gasteiger charge is -2.19. The number of hydrogen-bond donors (Lipinski definition) is 2. The van der Waals surface area contributed by atoms with Gasteiger partial charge in [0.05, 0.1) is 0 Å². The number of carbonyl (C=O) groups is 2. The van der Waals surface area contributed by atoms with E-state index in [4.69, 9.17) is 9.47 Å². The van der Waals surface area contributed by atoms with E-state index in [1.165, 1.54) is 0 Å². The van der Waals surface area contributed by atoms with Crippen molar-refractivity contribution in [2.75, 3.05) is 5.32 Å². The topological polar surface area (TPSA) is 97.8 Å². The van der Waals surface area contributed by atoms with Crippen molar-refractivity contribution >= 4 is 17.7 Å². The number of ether oxygens (including phenoxy) is 2. The molecular weight excluding hydrogens is 348 g/mol. The Morgan fingerprint density at radius 2 is 2.11 bits per heavy atom. The number of carboxylic acids is 1. The summed E-state index contributed by atoms with van der Waals surface area (Å²) in [5, 5.41) is 11.9. The summed E-state index contributed by atoms with van der Waals surface area (Å²) >= 11 is 0. The van der Waals surface area contributed by atoms with Crippen molar-refractivity contribution in [2.24, 2.45) is 5.92 Å². The maximum atomic E-state index is 11.5. The van der Waals surface area contributed by atoms with Crippen LogP contribution in [0.1, 0.15) is 37.3 Å². The summed E-state index contributed by atoms with van der Waals surface area (Å²) in [4.78, 5) is 26.9. The second-order valence-electron chi connectivity index (χ2n) is 6.46. The van der Waals surface area contributed by atoms with Gasteiger partial charge >= 0.3 is 5.97 Å². The van der Waals surface area contributed by atoms with E-state index in [2.05, 4.69) is 10.3 Å². The summed E-state index contributed by atoms with van der Waals surface area (Å²) in [5.41, 5.74) is 1.75. The molecule has 1 saturated carbocycles. The largest absolute Gasteiger partial charge is 0.489 e. The van der Waals surface area contributed by atoms with Gasteiger partial charge in [-0.3, -0.25) is 9.59 Å². The van der Waals surface area contributed by atoms with Crippen molar-refractivity contribution in [3.8, 4) is 17.2 Å². The van der Waals surface area contributed by atoms with Gasteiger partial charge in [-0.05, 0) is 30.7 Å². The van der Waals surface area contributed by atoms with E-state index in [1.807, 2.05) is 26.0 Å². The van der Waals surface area contributed by atoms with Crippen LogP contribution in [0.4, 0.5) is 5.82 Å². The number of benzene rings is 1. The third kappa shape index (κ3) is 2.89. The minimum Gasteiger partial charge on any atom is -0.489 e. The number of pyridine rings is 1. The molecule has 3 aliphatic rings. The smallest absolute Gasteiger partial charge is 0.311 e. The monoisotopic (exact) mass is 368 g/mol. The molecule has 7 heteroatoms. The third-order valence-electron chi connectivity index (χ3n) is 4.94. The summed E-state index contributed by atoms with van der Waals surface area (Å²) in [7, 11) is 0. The van der Waals surface area contributed by atoms with Crippen LogP contribution in [0.15, 0.2) is 30.5 Å². The molecule has 2 aromatic rings. The first kappa shape index (κ1) is 17.3. The zero-order chi connectivity index (χ0) is 19.1. The van der Waals surface area contributed by atoms with E-state index in [-0.39, 0.29) is 17.9 Å². The van der Waals surface area contributed by atoms with Gasteiger partial charge < -0.3 is 19.9 Å². The molecule has 1 amide bonds. The Morgan fingerprint density at radius 1 is 1.30 bits per heavy atom. The molecule has 0 saturated heterocycles. The van der Waals surface area contributed by atoms with Crippen LogP contribution in [-0.2, 0) is 16.0 Å². The molecule has 1 aromatic carbocycles. The van der Waals surface area contributed by atoms with Crippen molar-refractivity contribution < 1.29 is 24.2 Å². The quantitative estimate of drug-likeness (QED) is 0.862. The molecule has 7 nitrogen and oxygen atoms in total. The number of nitrogens with one attached hydrogen (secondary N) is 1. The van der Waals surface area contributed by atoms with Gasteiger partial charge in [0.1, 0.15) is 35.1 Å². The second-order valence-corrected chi connectivity index (χ2v) is 6.46. The molecular formula is C20H20N2O5. The molecule has 2 aliphatic heterocycles. The molecule has 2 N–H and O–H groups in total. The first-order valence-electron chi connectivity index (χ1n) is 9.11. The molecule has 1 fully saturated rings. The number of hydrogen-bond acceptors (Lipinski definition) is 5. The summed E-state index contributed by atoms with van der Waals surface area (Å²) in [6.07, 6.45) is 2.31. The van der Waals surface area contributed by atoms with Crippen LogP contribution < -0.4 is 14.8 Å². The fourth-order valence-electron chi connectivity index (χ4n) is 3.68. The van der Waals surface area contributed by atoms with Crippen LogP contribution in [0.25, 0.3) is 0 Å². The van der Waals surface area contributed by atoms with Crippen LogP contribution in [0.3, 0.4) is 0 Å². The molecule has 0 spiro atoms. The average Bonchev–Trinajstić information content (AvgIpc) is 3.28. The standard InChI is InChI=1S/C18H14N2O5.C2H6/c21-13-4-2-9-12(5-6-19-17(9)20-13)24-8-1-3-11-10(7-8)14-15(18(22)23)16(14)25-11;1-2/h1,3,5-7,14-16H,2,4H2,(H,22,23)(H,19,20,21);1-2H3. The van der Waals surface area contributed by atoms with Gasteiger partial charge in [-0.25, -0.2) is 4.98 Å². The van der Waals surface area contributed by atoms with Crippen LogP contribution in [0.5, 0.6) is 17.2 Å². The minimum atomic E-state index is -0.828. The number of fused-ring (bicyclic) bond motifs is 4. The fraction of sp³-hybridized carbons (Fsp3) is 0.350.